The third-order valence-corrected chi connectivity index (χ3v) is 8.09. The number of carbonyl (C=O) groups is 9. The quantitative estimate of drug-likeness (QED) is 0.181. The van der Waals surface area contributed by atoms with E-state index in [1.165, 1.54) is 30.3 Å². The third kappa shape index (κ3) is 9.14. The summed E-state index contributed by atoms with van der Waals surface area (Å²) in [6.45, 7) is 7.17. The van der Waals surface area contributed by atoms with Crippen molar-refractivity contribution in [3.8, 4) is 11.5 Å². The highest BCUT2D eigenvalue weighted by atomic mass is 16.7. The Morgan fingerprint density at radius 2 is 1.15 bits per heavy atom. The Morgan fingerprint density at radius 3 is 1.69 bits per heavy atom. The fraction of sp³-hybridized carbons (Fsp3) is 0.432. The van der Waals surface area contributed by atoms with Gasteiger partial charge in [0.15, 0.2) is 23.9 Å². The van der Waals surface area contributed by atoms with Crippen LogP contribution in [-0.4, -0.2) is 90.7 Å². The highest BCUT2D eigenvalue weighted by molar-refractivity contribution is 6.17. The number of hydrogen-bond donors (Lipinski definition) is 0. The molecule has 0 N–H and O–H groups in total. The van der Waals surface area contributed by atoms with Crippen LogP contribution in [0, 0.1) is 0 Å². The number of ketones is 1. The van der Waals surface area contributed by atoms with Crippen molar-refractivity contribution < 1.29 is 85.8 Å². The van der Waals surface area contributed by atoms with Crippen LogP contribution in [0.5, 0.6) is 11.5 Å². The van der Waals surface area contributed by atoms with Gasteiger partial charge >= 0.3 is 47.8 Å². The number of carbonyl (C=O) groups excluding carboxylic acids is 9. The summed E-state index contributed by atoms with van der Waals surface area (Å²) < 4.78 is 51.1. The summed E-state index contributed by atoms with van der Waals surface area (Å²) in [5, 5.41) is 0. The molecule has 0 spiro atoms. The van der Waals surface area contributed by atoms with Gasteiger partial charge in [-0.05, 0) is 23.8 Å². The second-order valence-corrected chi connectivity index (χ2v) is 12.4. The normalized spacial score (nSPS) is 22.4. The van der Waals surface area contributed by atoms with E-state index in [1.807, 2.05) is 0 Å². The number of ether oxygens (including phenoxy) is 9. The molecule has 2 aromatic carbocycles. The standard InChI is InChI=1S/C37H38O18/c1-16(38)47-14-24-12-26-31(28(13-24)50-19(4)41)32(46)30-25(10-9-11-27(30)49-18(3)40)37(26,55-23(8)45)36-35(53-22(7)44)34(52-21(6)43)33(51-20(5)42)29(54-36)15-48-17(2)39/h9-13,29,33-36H,14-15H2,1-8H3/t29-,33-,34+,35?,36-,37-/m1/s1. The van der Waals surface area contributed by atoms with Crippen LogP contribution in [0.25, 0.3) is 0 Å². The van der Waals surface area contributed by atoms with Crippen molar-refractivity contribution in [2.45, 2.75) is 98.1 Å². The van der Waals surface area contributed by atoms with Crippen LogP contribution >= 0.6 is 0 Å². The number of rotatable bonds is 11. The van der Waals surface area contributed by atoms with E-state index in [2.05, 4.69) is 0 Å². The highest BCUT2D eigenvalue weighted by Gasteiger charge is 2.64. The van der Waals surface area contributed by atoms with E-state index >= 15 is 0 Å². The zero-order chi connectivity index (χ0) is 40.9. The van der Waals surface area contributed by atoms with Crippen LogP contribution < -0.4 is 9.47 Å². The molecule has 0 saturated carbocycles. The molecule has 6 atom stereocenters. The van der Waals surface area contributed by atoms with Crippen molar-refractivity contribution in [3.05, 3.63) is 58.1 Å². The molecule has 1 unspecified atom stereocenters. The summed E-state index contributed by atoms with van der Waals surface area (Å²) in [5.74, 6) is -8.93. The molecule has 0 bridgehead atoms. The lowest BCUT2D eigenvalue weighted by molar-refractivity contribution is -0.280. The maximum atomic E-state index is 14.7. The fourth-order valence-electron chi connectivity index (χ4n) is 6.54. The number of fused-ring (bicyclic) bond motifs is 2. The van der Waals surface area contributed by atoms with Gasteiger partial charge in [-0.3, -0.25) is 43.2 Å². The molecule has 0 radical (unpaired) electrons. The van der Waals surface area contributed by atoms with Crippen molar-refractivity contribution in [2.24, 2.45) is 0 Å². The van der Waals surface area contributed by atoms with E-state index in [9.17, 15) is 43.2 Å². The minimum atomic E-state index is -2.55. The zero-order valence-electron chi connectivity index (χ0n) is 31.0. The van der Waals surface area contributed by atoms with Crippen molar-refractivity contribution in [2.75, 3.05) is 6.61 Å². The molecular formula is C37H38O18. The Hall–Kier alpha value is -6.17. The zero-order valence-corrected chi connectivity index (χ0v) is 31.0. The summed E-state index contributed by atoms with van der Waals surface area (Å²) in [5.41, 5.74) is -3.83. The Kier molecular flexibility index (Phi) is 12.8. The molecule has 0 aromatic heterocycles. The van der Waals surface area contributed by atoms with Gasteiger partial charge in [-0.2, -0.15) is 0 Å². The molecule has 2 aliphatic rings. The Morgan fingerprint density at radius 1 is 0.600 bits per heavy atom. The number of esters is 8. The topological polar surface area (TPSA) is 237 Å². The van der Waals surface area contributed by atoms with E-state index in [1.54, 1.807) is 0 Å². The van der Waals surface area contributed by atoms with Gasteiger partial charge in [0.05, 0.1) is 11.1 Å². The summed E-state index contributed by atoms with van der Waals surface area (Å²) >= 11 is 0. The van der Waals surface area contributed by atoms with E-state index in [-0.39, 0.29) is 22.4 Å². The van der Waals surface area contributed by atoms with Gasteiger partial charge in [-0.25, -0.2) is 0 Å². The summed E-state index contributed by atoms with van der Waals surface area (Å²) in [7, 11) is 0. The first-order valence-electron chi connectivity index (χ1n) is 16.6. The lowest BCUT2D eigenvalue weighted by Gasteiger charge is -2.52. The van der Waals surface area contributed by atoms with E-state index < -0.39 is 120 Å². The van der Waals surface area contributed by atoms with E-state index in [0.29, 0.717) is 0 Å². The van der Waals surface area contributed by atoms with Crippen LogP contribution in [0.3, 0.4) is 0 Å². The summed E-state index contributed by atoms with van der Waals surface area (Å²) in [6.07, 6.45) is -8.82. The molecule has 55 heavy (non-hydrogen) atoms. The molecule has 18 nitrogen and oxygen atoms in total. The van der Waals surface area contributed by atoms with Crippen molar-refractivity contribution >= 4 is 53.5 Å². The molecule has 1 heterocycles. The molecule has 1 aliphatic heterocycles. The molecule has 18 heteroatoms. The van der Waals surface area contributed by atoms with Gasteiger partial charge in [0.1, 0.15) is 36.9 Å². The molecule has 0 amide bonds. The third-order valence-electron chi connectivity index (χ3n) is 8.09. The first kappa shape index (κ1) is 41.6. The Bertz CT molecular complexity index is 1950. The molecule has 2 aromatic rings. The maximum absolute atomic E-state index is 14.7. The lowest BCUT2D eigenvalue weighted by atomic mass is 9.67. The van der Waals surface area contributed by atoms with Gasteiger partial charge < -0.3 is 42.6 Å². The van der Waals surface area contributed by atoms with Gasteiger partial charge in [0, 0.05) is 66.5 Å². The van der Waals surface area contributed by atoms with Crippen LogP contribution in [0.2, 0.25) is 0 Å². The second-order valence-electron chi connectivity index (χ2n) is 12.4. The van der Waals surface area contributed by atoms with Gasteiger partial charge in [-0.15, -0.1) is 0 Å². The maximum Gasteiger partial charge on any atom is 0.308 e. The molecule has 4 rings (SSSR count). The molecule has 1 saturated heterocycles. The number of benzene rings is 2. The fourth-order valence-corrected chi connectivity index (χ4v) is 6.54. The lowest BCUT2D eigenvalue weighted by Crippen LogP contribution is -2.68. The van der Waals surface area contributed by atoms with E-state index in [4.69, 9.17) is 42.6 Å². The summed E-state index contributed by atoms with van der Waals surface area (Å²) in [6, 6.07) is 6.41. The van der Waals surface area contributed by atoms with Gasteiger partial charge in [-0.1, -0.05) is 12.1 Å². The highest BCUT2D eigenvalue weighted by Crippen LogP contribution is 2.53. The summed E-state index contributed by atoms with van der Waals surface area (Å²) in [4.78, 5) is 115. The minimum absolute atomic E-state index is 0.0831. The van der Waals surface area contributed by atoms with Gasteiger partial charge in [0.2, 0.25) is 5.78 Å². The van der Waals surface area contributed by atoms with Crippen LogP contribution in [-0.2, 0) is 83.7 Å². The second kappa shape index (κ2) is 16.9. The minimum Gasteiger partial charge on any atom is -0.463 e. The first-order valence-corrected chi connectivity index (χ1v) is 16.6. The SMILES string of the molecule is CC(=O)OCc1cc(OC(C)=O)c2c(c1)[C@@](OC(C)=O)([C@@H]1O[C@H](COC(C)=O)[C@@H](OC(C)=O)[C@H](OC(C)=O)C1OC(C)=O)c1cccc(OC(C)=O)c1C2=O. The van der Waals surface area contributed by atoms with Crippen LogP contribution in [0.1, 0.15) is 88.0 Å². The average Bonchev–Trinajstić information content (AvgIpc) is 3.05. The number of hydrogen-bond acceptors (Lipinski definition) is 18. The average molecular weight is 771 g/mol. The molecule has 294 valence electrons. The Balaban J connectivity index is 2.26. The van der Waals surface area contributed by atoms with Gasteiger partial charge in [0.25, 0.3) is 0 Å². The van der Waals surface area contributed by atoms with Crippen molar-refractivity contribution in [1.29, 1.82) is 0 Å². The van der Waals surface area contributed by atoms with Crippen LogP contribution in [0.15, 0.2) is 30.3 Å². The molecule has 1 aliphatic carbocycles. The van der Waals surface area contributed by atoms with Crippen molar-refractivity contribution in [1.82, 2.24) is 0 Å². The Labute approximate surface area is 313 Å². The van der Waals surface area contributed by atoms with Crippen LogP contribution in [0.4, 0.5) is 0 Å². The molecular weight excluding hydrogens is 732 g/mol. The first-order chi connectivity index (χ1) is 25.8. The van der Waals surface area contributed by atoms with Crippen molar-refractivity contribution in [3.63, 3.8) is 0 Å². The van der Waals surface area contributed by atoms with E-state index in [0.717, 1.165) is 55.4 Å². The molecule has 1 fully saturated rings. The predicted octanol–water partition coefficient (Wildman–Crippen LogP) is 2.08. The largest absolute Gasteiger partial charge is 0.463 e. The predicted molar refractivity (Wildman–Crippen MR) is 179 cm³/mol. The monoisotopic (exact) mass is 770 g/mol. The smallest absolute Gasteiger partial charge is 0.308 e.